The van der Waals surface area contributed by atoms with Gasteiger partial charge in [0, 0.05) is 6.04 Å². The van der Waals surface area contributed by atoms with E-state index in [0.717, 1.165) is 29.7 Å². The van der Waals surface area contributed by atoms with Gasteiger partial charge in [0.1, 0.15) is 0 Å². The fraction of sp³-hybridized carbons (Fsp3) is 1.00. The van der Waals surface area contributed by atoms with Crippen molar-refractivity contribution in [3.63, 3.8) is 0 Å². The smallest absolute Gasteiger partial charge is 0.00724 e. The van der Waals surface area contributed by atoms with Gasteiger partial charge in [-0.2, -0.15) is 0 Å². The van der Waals surface area contributed by atoms with Crippen LogP contribution in [-0.2, 0) is 0 Å². The summed E-state index contributed by atoms with van der Waals surface area (Å²) in [6, 6.07) is 0.864. The lowest BCUT2D eigenvalue weighted by molar-refractivity contribution is 0.222. The second-order valence-electron chi connectivity index (χ2n) is 6.62. The standard InChI is InChI=1S/C15H27N/c1-2-11-5-6-16-15(9-11)10-14-8-12-3-4-13(14)7-12/h11-16H,2-10H2,1H3. The molecule has 1 nitrogen and oxygen atoms in total. The molecule has 1 N–H and O–H groups in total. The van der Waals surface area contributed by atoms with E-state index in [9.17, 15) is 0 Å². The topological polar surface area (TPSA) is 12.0 Å². The van der Waals surface area contributed by atoms with Gasteiger partial charge in [-0.1, -0.05) is 19.8 Å². The molecule has 0 aromatic rings. The molecule has 0 amide bonds. The van der Waals surface area contributed by atoms with Gasteiger partial charge in [0.2, 0.25) is 0 Å². The van der Waals surface area contributed by atoms with Crippen LogP contribution in [0.25, 0.3) is 0 Å². The molecule has 1 aliphatic heterocycles. The molecule has 1 saturated heterocycles. The third-order valence-corrected chi connectivity index (χ3v) is 5.65. The van der Waals surface area contributed by atoms with E-state index in [2.05, 4.69) is 12.2 Å². The molecule has 5 unspecified atom stereocenters. The van der Waals surface area contributed by atoms with E-state index in [-0.39, 0.29) is 0 Å². The number of hydrogen-bond donors (Lipinski definition) is 1. The normalized spacial score (nSPS) is 47.4. The van der Waals surface area contributed by atoms with Gasteiger partial charge >= 0.3 is 0 Å². The minimum Gasteiger partial charge on any atom is -0.314 e. The van der Waals surface area contributed by atoms with Crippen molar-refractivity contribution in [1.82, 2.24) is 5.32 Å². The molecule has 2 saturated carbocycles. The monoisotopic (exact) mass is 221 g/mol. The molecule has 0 radical (unpaired) electrons. The second kappa shape index (κ2) is 4.68. The van der Waals surface area contributed by atoms with Crippen LogP contribution in [0.4, 0.5) is 0 Å². The fourth-order valence-electron chi connectivity index (χ4n) is 4.68. The van der Waals surface area contributed by atoms with Gasteiger partial charge in [-0.25, -0.2) is 0 Å². The highest BCUT2D eigenvalue weighted by molar-refractivity contribution is 4.92. The van der Waals surface area contributed by atoms with E-state index >= 15 is 0 Å². The Kier molecular flexibility index (Phi) is 3.24. The lowest BCUT2D eigenvalue weighted by Gasteiger charge is -2.33. The van der Waals surface area contributed by atoms with Gasteiger partial charge in [-0.3, -0.25) is 0 Å². The summed E-state index contributed by atoms with van der Waals surface area (Å²) in [7, 11) is 0. The molecule has 1 heterocycles. The van der Waals surface area contributed by atoms with E-state index in [1.807, 2.05) is 0 Å². The Morgan fingerprint density at radius 3 is 2.69 bits per heavy atom. The maximum atomic E-state index is 3.77. The molecular weight excluding hydrogens is 194 g/mol. The van der Waals surface area contributed by atoms with Gasteiger partial charge in [0.25, 0.3) is 0 Å². The minimum absolute atomic E-state index is 0.864. The van der Waals surface area contributed by atoms with Crippen molar-refractivity contribution in [2.24, 2.45) is 23.7 Å². The summed E-state index contributed by atoms with van der Waals surface area (Å²) in [6.07, 6.45) is 12.0. The largest absolute Gasteiger partial charge is 0.314 e. The van der Waals surface area contributed by atoms with Crippen molar-refractivity contribution in [2.75, 3.05) is 6.54 Å². The molecule has 3 aliphatic rings. The highest BCUT2D eigenvalue weighted by Gasteiger charge is 2.40. The Morgan fingerprint density at radius 1 is 1.06 bits per heavy atom. The quantitative estimate of drug-likeness (QED) is 0.768. The van der Waals surface area contributed by atoms with Crippen LogP contribution in [-0.4, -0.2) is 12.6 Å². The molecule has 0 aromatic carbocycles. The first kappa shape index (κ1) is 11.1. The zero-order valence-corrected chi connectivity index (χ0v) is 10.8. The average Bonchev–Trinajstić information content (AvgIpc) is 2.91. The Bertz CT molecular complexity index is 238. The first-order valence-corrected chi connectivity index (χ1v) is 7.58. The van der Waals surface area contributed by atoms with Gasteiger partial charge in [0.05, 0.1) is 0 Å². The lowest BCUT2D eigenvalue weighted by atomic mass is 9.80. The van der Waals surface area contributed by atoms with Crippen LogP contribution in [0, 0.1) is 23.7 Å². The Hall–Kier alpha value is -0.0400. The highest BCUT2D eigenvalue weighted by Crippen LogP contribution is 2.50. The predicted molar refractivity (Wildman–Crippen MR) is 68.4 cm³/mol. The molecule has 92 valence electrons. The molecule has 1 heteroatoms. The summed E-state index contributed by atoms with van der Waals surface area (Å²) in [4.78, 5) is 0. The van der Waals surface area contributed by atoms with Crippen LogP contribution >= 0.6 is 0 Å². The van der Waals surface area contributed by atoms with Gasteiger partial charge in [-0.05, 0) is 68.7 Å². The van der Waals surface area contributed by atoms with Crippen LogP contribution in [0.3, 0.4) is 0 Å². The molecule has 2 bridgehead atoms. The molecule has 0 spiro atoms. The van der Waals surface area contributed by atoms with E-state index in [0.29, 0.717) is 0 Å². The first-order valence-electron chi connectivity index (χ1n) is 7.58. The SMILES string of the molecule is CCC1CCNC(CC2CC3CCC2C3)C1. The van der Waals surface area contributed by atoms with Gasteiger partial charge < -0.3 is 5.32 Å². The molecule has 0 aromatic heterocycles. The molecule has 5 atom stereocenters. The van der Waals surface area contributed by atoms with Crippen LogP contribution < -0.4 is 5.32 Å². The fourth-order valence-corrected chi connectivity index (χ4v) is 4.68. The van der Waals surface area contributed by atoms with Crippen molar-refractivity contribution >= 4 is 0 Å². The first-order chi connectivity index (χ1) is 7.85. The third-order valence-electron chi connectivity index (χ3n) is 5.65. The molecule has 3 fully saturated rings. The predicted octanol–water partition coefficient (Wildman–Crippen LogP) is 3.59. The molecular formula is C15H27N. The van der Waals surface area contributed by atoms with E-state index in [1.54, 1.807) is 25.7 Å². The van der Waals surface area contributed by atoms with Crippen LogP contribution in [0.2, 0.25) is 0 Å². The molecule has 3 rings (SSSR count). The van der Waals surface area contributed by atoms with Crippen LogP contribution in [0.1, 0.15) is 58.3 Å². The van der Waals surface area contributed by atoms with E-state index in [4.69, 9.17) is 0 Å². The van der Waals surface area contributed by atoms with Crippen LogP contribution in [0.5, 0.6) is 0 Å². The average molecular weight is 221 g/mol. The summed E-state index contributed by atoms with van der Waals surface area (Å²) < 4.78 is 0. The van der Waals surface area contributed by atoms with E-state index < -0.39 is 0 Å². The number of hydrogen-bond acceptors (Lipinski definition) is 1. The van der Waals surface area contributed by atoms with Crippen molar-refractivity contribution in [1.29, 1.82) is 0 Å². The molecule has 2 aliphatic carbocycles. The molecule has 16 heavy (non-hydrogen) atoms. The maximum Gasteiger partial charge on any atom is 0.00724 e. The van der Waals surface area contributed by atoms with Crippen molar-refractivity contribution in [3.8, 4) is 0 Å². The zero-order chi connectivity index (χ0) is 11.0. The van der Waals surface area contributed by atoms with E-state index in [1.165, 1.54) is 32.2 Å². The number of fused-ring (bicyclic) bond motifs is 2. The van der Waals surface area contributed by atoms with Crippen molar-refractivity contribution < 1.29 is 0 Å². The van der Waals surface area contributed by atoms with Gasteiger partial charge in [0.15, 0.2) is 0 Å². The highest BCUT2D eigenvalue weighted by atomic mass is 14.9. The van der Waals surface area contributed by atoms with Crippen LogP contribution in [0.15, 0.2) is 0 Å². The minimum atomic E-state index is 0.864. The third kappa shape index (κ3) is 2.16. The maximum absolute atomic E-state index is 3.77. The Balaban J connectivity index is 1.51. The summed E-state index contributed by atoms with van der Waals surface area (Å²) in [6.45, 7) is 3.65. The summed E-state index contributed by atoms with van der Waals surface area (Å²) >= 11 is 0. The summed E-state index contributed by atoms with van der Waals surface area (Å²) in [5.74, 6) is 4.35. The number of nitrogens with one attached hydrogen (secondary N) is 1. The lowest BCUT2D eigenvalue weighted by Crippen LogP contribution is -2.39. The Morgan fingerprint density at radius 2 is 2.00 bits per heavy atom. The number of piperidine rings is 1. The van der Waals surface area contributed by atoms with Crippen molar-refractivity contribution in [3.05, 3.63) is 0 Å². The van der Waals surface area contributed by atoms with Gasteiger partial charge in [-0.15, -0.1) is 0 Å². The summed E-state index contributed by atoms with van der Waals surface area (Å²) in [5.41, 5.74) is 0. The van der Waals surface area contributed by atoms with Crippen molar-refractivity contribution in [2.45, 2.75) is 64.3 Å². The zero-order valence-electron chi connectivity index (χ0n) is 10.8. The Labute approximate surface area is 100 Å². The summed E-state index contributed by atoms with van der Waals surface area (Å²) in [5, 5.41) is 3.77. The number of rotatable bonds is 3. The second-order valence-corrected chi connectivity index (χ2v) is 6.62.